The molecule has 2 heteroatoms. The summed E-state index contributed by atoms with van der Waals surface area (Å²) in [6.07, 6.45) is 15.8. The lowest BCUT2D eigenvalue weighted by Gasteiger charge is -2.46. The molecule has 0 bridgehead atoms. The molecule has 0 N–H and O–H groups in total. The maximum Gasteiger partial charge on any atom is 0.249 e. The molecule has 4 aromatic carbocycles. The summed E-state index contributed by atoms with van der Waals surface area (Å²) in [7, 11) is 0. The van der Waals surface area contributed by atoms with Crippen molar-refractivity contribution in [3.8, 4) is 11.1 Å². The standard InChI is InChI=1S/C54H67N2/c1-32(2)24-37-20-21-38-29-44-48-45(53(8,9)50(44)41(38)28-37)22-23-46-49(48)43-27-36(7)47-35(6)25-34(5)26-42(47)51(43)54(46)30-55(39-16-12-10-13-17-39)52(33(3)4)56(31-54)40-18-14-11-15-19-40/h20-23,25-28,32-33,39-40H,10-19,24,29-31H2,1-9H3/q+1. The molecule has 0 radical (unpaired) electrons. The lowest BCUT2D eigenvalue weighted by Crippen LogP contribution is -2.62. The summed E-state index contributed by atoms with van der Waals surface area (Å²) in [6, 6.07) is 21.8. The van der Waals surface area contributed by atoms with Crippen LogP contribution in [0.25, 0.3) is 33.0 Å². The van der Waals surface area contributed by atoms with Gasteiger partial charge in [0.15, 0.2) is 0 Å². The first kappa shape index (κ1) is 36.7. The highest BCUT2D eigenvalue weighted by atomic mass is 15.3. The molecule has 56 heavy (non-hydrogen) atoms. The van der Waals surface area contributed by atoms with Gasteiger partial charge in [-0.15, -0.1) is 0 Å². The molecule has 4 aromatic rings. The zero-order valence-electron chi connectivity index (χ0n) is 36.2. The minimum atomic E-state index is -0.109. The van der Waals surface area contributed by atoms with Crippen molar-refractivity contribution in [2.24, 2.45) is 11.8 Å². The SMILES string of the molecule is Cc1cc(C)c2c(C)cc3c(c2c1)C1(CN(C2CCCCC2)C(C(C)C)=[N+](C2CCCCC2)C1)c1ccc2c(c1-3)C1=C(c3cc(CC(C)C)ccc3C1)C2(C)C. The number of amidine groups is 1. The van der Waals surface area contributed by atoms with Gasteiger partial charge in [0.2, 0.25) is 5.84 Å². The van der Waals surface area contributed by atoms with Gasteiger partial charge in [-0.1, -0.05) is 108 Å². The van der Waals surface area contributed by atoms with E-state index in [1.54, 1.807) is 50.4 Å². The molecule has 2 fully saturated rings. The zero-order chi connectivity index (χ0) is 38.8. The molecule has 6 aliphatic rings. The van der Waals surface area contributed by atoms with E-state index in [9.17, 15) is 0 Å². The largest absolute Gasteiger partial charge is 0.261 e. The third kappa shape index (κ3) is 5.28. The Morgan fingerprint density at radius 2 is 1.45 bits per heavy atom. The molecule has 292 valence electrons. The number of hydrogen-bond acceptors (Lipinski definition) is 1. The number of rotatable bonds is 5. The van der Waals surface area contributed by atoms with E-state index in [1.807, 2.05) is 0 Å². The van der Waals surface area contributed by atoms with Crippen LogP contribution in [-0.4, -0.2) is 40.5 Å². The second-order valence-electron chi connectivity index (χ2n) is 20.7. The summed E-state index contributed by atoms with van der Waals surface area (Å²) in [5, 5.41) is 3.03. The quantitative estimate of drug-likeness (QED) is 0.185. The van der Waals surface area contributed by atoms with E-state index in [2.05, 4.69) is 120 Å². The van der Waals surface area contributed by atoms with E-state index in [0.29, 0.717) is 23.9 Å². The van der Waals surface area contributed by atoms with E-state index in [0.717, 1.165) is 25.9 Å². The number of hydrogen-bond donors (Lipinski definition) is 0. The molecule has 0 saturated heterocycles. The van der Waals surface area contributed by atoms with Crippen molar-refractivity contribution in [1.29, 1.82) is 0 Å². The predicted molar refractivity (Wildman–Crippen MR) is 238 cm³/mol. The molecule has 1 aliphatic heterocycles. The van der Waals surface area contributed by atoms with E-state index in [4.69, 9.17) is 0 Å². The van der Waals surface area contributed by atoms with Crippen molar-refractivity contribution in [3.05, 3.63) is 104 Å². The first-order chi connectivity index (χ1) is 26.9. The average Bonchev–Trinajstić information content (AvgIpc) is 3.75. The molecule has 1 unspecified atom stereocenters. The van der Waals surface area contributed by atoms with Crippen LogP contribution in [0, 0.1) is 32.6 Å². The smallest absolute Gasteiger partial charge is 0.249 e. The summed E-state index contributed by atoms with van der Waals surface area (Å²) in [5.74, 6) is 2.84. The van der Waals surface area contributed by atoms with Crippen LogP contribution in [-0.2, 0) is 23.7 Å². The van der Waals surface area contributed by atoms with E-state index in [-0.39, 0.29) is 10.8 Å². The Morgan fingerprint density at radius 3 is 2.16 bits per heavy atom. The van der Waals surface area contributed by atoms with Crippen molar-refractivity contribution < 1.29 is 4.58 Å². The van der Waals surface area contributed by atoms with Gasteiger partial charge in [0.25, 0.3) is 0 Å². The van der Waals surface area contributed by atoms with Gasteiger partial charge in [-0.05, 0) is 174 Å². The highest BCUT2D eigenvalue weighted by Gasteiger charge is 2.57. The molecule has 10 rings (SSSR count). The summed E-state index contributed by atoms with van der Waals surface area (Å²) in [4.78, 5) is 3.05. The number of aryl methyl sites for hydroxylation is 3. The minimum Gasteiger partial charge on any atom is -0.261 e. The third-order valence-corrected chi connectivity index (χ3v) is 15.6. The summed E-state index contributed by atoms with van der Waals surface area (Å²) in [6.45, 7) is 24.1. The number of nitrogens with zero attached hydrogens (tertiary/aromatic N) is 2. The second-order valence-corrected chi connectivity index (χ2v) is 20.7. The lowest BCUT2D eigenvalue weighted by atomic mass is 9.71. The maximum atomic E-state index is 3.05. The van der Waals surface area contributed by atoms with Crippen LogP contribution >= 0.6 is 0 Å². The number of allylic oxidation sites excluding steroid dienone is 2. The Kier molecular flexibility index (Phi) is 8.64. The minimum absolute atomic E-state index is 0.0379. The highest BCUT2D eigenvalue weighted by Crippen LogP contribution is 2.63. The van der Waals surface area contributed by atoms with Crippen LogP contribution in [0.4, 0.5) is 0 Å². The molecular formula is C54H67N2+. The van der Waals surface area contributed by atoms with Gasteiger partial charge in [-0.2, -0.15) is 0 Å². The van der Waals surface area contributed by atoms with Gasteiger partial charge in [-0.25, -0.2) is 0 Å². The fourth-order valence-electron chi connectivity index (χ4n) is 13.6. The molecule has 1 spiro atoms. The van der Waals surface area contributed by atoms with Crippen molar-refractivity contribution in [2.75, 3.05) is 13.1 Å². The Hall–Kier alpha value is -3.65. The Bertz CT molecular complexity index is 2350. The zero-order valence-corrected chi connectivity index (χ0v) is 36.2. The van der Waals surface area contributed by atoms with Crippen LogP contribution in [0.3, 0.4) is 0 Å². The van der Waals surface area contributed by atoms with Crippen LogP contribution in [0.5, 0.6) is 0 Å². The molecule has 1 atom stereocenters. The van der Waals surface area contributed by atoms with Gasteiger partial charge in [0, 0.05) is 5.41 Å². The number of benzene rings is 4. The Labute approximate surface area is 338 Å². The van der Waals surface area contributed by atoms with E-state index in [1.165, 1.54) is 108 Å². The molecule has 0 amide bonds. The van der Waals surface area contributed by atoms with Crippen LogP contribution in [0.2, 0.25) is 0 Å². The van der Waals surface area contributed by atoms with Crippen molar-refractivity contribution in [2.45, 2.75) is 162 Å². The topological polar surface area (TPSA) is 6.25 Å². The normalized spacial score (nSPS) is 23.2. The van der Waals surface area contributed by atoms with Gasteiger partial charge in [0.05, 0.1) is 23.4 Å². The van der Waals surface area contributed by atoms with Crippen LogP contribution in [0.1, 0.15) is 161 Å². The molecule has 2 nitrogen and oxygen atoms in total. The van der Waals surface area contributed by atoms with Gasteiger partial charge in [0.1, 0.15) is 13.1 Å². The fraction of sp³-hybridized carbons (Fsp3) is 0.537. The van der Waals surface area contributed by atoms with Crippen molar-refractivity contribution in [1.82, 2.24) is 4.90 Å². The Balaban J connectivity index is 1.28. The predicted octanol–water partition coefficient (Wildman–Crippen LogP) is 13.0. The highest BCUT2D eigenvalue weighted by molar-refractivity contribution is 6.12. The second kappa shape index (κ2) is 13.2. The third-order valence-electron chi connectivity index (χ3n) is 15.6. The van der Waals surface area contributed by atoms with Gasteiger partial charge < -0.3 is 0 Å². The summed E-state index contributed by atoms with van der Waals surface area (Å²) in [5.41, 5.74) is 21.5. The molecule has 5 aliphatic carbocycles. The first-order valence-electron chi connectivity index (χ1n) is 22.9. The fourth-order valence-corrected chi connectivity index (χ4v) is 13.6. The van der Waals surface area contributed by atoms with Crippen molar-refractivity contribution in [3.63, 3.8) is 0 Å². The molecular weight excluding hydrogens is 677 g/mol. The lowest BCUT2D eigenvalue weighted by molar-refractivity contribution is -0.588. The van der Waals surface area contributed by atoms with Crippen LogP contribution in [0.15, 0.2) is 48.5 Å². The molecule has 0 aromatic heterocycles. The van der Waals surface area contributed by atoms with Gasteiger partial charge in [-0.3, -0.25) is 9.48 Å². The van der Waals surface area contributed by atoms with Crippen molar-refractivity contribution >= 4 is 27.8 Å². The average molecular weight is 744 g/mol. The molecule has 1 heterocycles. The summed E-state index contributed by atoms with van der Waals surface area (Å²) < 4.78 is 3.05. The van der Waals surface area contributed by atoms with Gasteiger partial charge >= 0.3 is 0 Å². The Morgan fingerprint density at radius 1 is 0.750 bits per heavy atom. The molecule has 2 saturated carbocycles. The van der Waals surface area contributed by atoms with E-state index >= 15 is 0 Å². The maximum absolute atomic E-state index is 3.05. The monoisotopic (exact) mass is 744 g/mol. The number of fused-ring (bicyclic) bond motifs is 12. The van der Waals surface area contributed by atoms with E-state index < -0.39 is 0 Å². The van der Waals surface area contributed by atoms with Crippen LogP contribution < -0.4 is 0 Å². The first-order valence-corrected chi connectivity index (χ1v) is 22.9. The summed E-state index contributed by atoms with van der Waals surface area (Å²) >= 11 is 0.